The highest BCUT2D eigenvalue weighted by Crippen LogP contribution is 2.38. The van der Waals surface area contributed by atoms with Crippen molar-refractivity contribution < 1.29 is 14.3 Å². The number of primary amides is 1. The lowest BCUT2D eigenvalue weighted by Gasteiger charge is -2.11. The second-order valence-corrected chi connectivity index (χ2v) is 8.63. The molecular weight excluding hydrogens is 410 g/mol. The van der Waals surface area contributed by atoms with E-state index >= 15 is 0 Å². The van der Waals surface area contributed by atoms with Gasteiger partial charge < -0.3 is 15.8 Å². The van der Waals surface area contributed by atoms with Crippen molar-refractivity contribution in [2.75, 3.05) is 11.9 Å². The molecule has 0 saturated heterocycles. The monoisotopic (exact) mass is 437 g/mol. The van der Waals surface area contributed by atoms with Gasteiger partial charge >= 0.3 is 0 Å². The number of nitrogens with one attached hydrogen (secondary N) is 1. The third kappa shape index (κ3) is 5.74. The summed E-state index contributed by atoms with van der Waals surface area (Å²) in [6, 6.07) is 9.20. The molecule has 7 heteroatoms. The van der Waals surface area contributed by atoms with Gasteiger partial charge in [-0.15, -0.1) is 11.3 Å². The van der Waals surface area contributed by atoms with Crippen molar-refractivity contribution in [1.29, 1.82) is 5.26 Å². The SMILES string of the molecule is CCCCCOc1ccc(/C=C(/C#N)C(=O)Nc2sc3c(c2C(N)=O)CCCC3)cc1. The van der Waals surface area contributed by atoms with Gasteiger partial charge in [-0.3, -0.25) is 9.59 Å². The lowest BCUT2D eigenvalue weighted by atomic mass is 9.95. The van der Waals surface area contributed by atoms with Crippen LogP contribution >= 0.6 is 11.3 Å². The lowest BCUT2D eigenvalue weighted by molar-refractivity contribution is -0.112. The van der Waals surface area contributed by atoms with Crippen LogP contribution in [0.3, 0.4) is 0 Å². The first-order chi connectivity index (χ1) is 15.0. The molecule has 1 heterocycles. The van der Waals surface area contributed by atoms with Crippen LogP contribution in [0.1, 0.15) is 65.4 Å². The molecular formula is C24H27N3O3S. The number of thiophene rings is 1. The minimum absolute atomic E-state index is 0.0431. The Labute approximate surface area is 186 Å². The van der Waals surface area contributed by atoms with E-state index in [4.69, 9.17) is 10.5 Å². The number of carbonyl (C=O) groups is 2. The Morgan fingerprint density at radius 1 is 1.23 bits per heavy atom. The molecule has 1 aliphatic carbocycles. The van der Waals surface area contributed by atoms with Crippen molar-refractivity contribution in [3.8, 4) is 11.8 Å². The number of nitriles is 1. The zero-order valence-electron chi connectivity index (χ0n) is 17.7. The van der Waals surface area contributed by atoms with E-state index in [0.717, 1.165) is 61.1 Å². The highest BCUT2D eigenvalue weighted by Gasteiger charge is 2.25. The maximum Gasteiger partial charge on any atom is 0.266 e. The summed E-state index contributed by atoms with van der Waals surface area (Å²) in [7, 11) is 0. The van der Waals surface area contributed by atoms with Crippen LogP contribution in [0.4, 0.5) is 5.00 Å². The summed E-state index contributed by atoms with van der Waals surface area (Å²) in [4.78, 5) is 25.8. The molecule has 3 N–H and O–H groups in total. The molecule has 2 aromatic rings. The van der Waals surface area contributed by atoms with Crippen molar-refractivity contribution in [3.05, 3.63) is 51.4 Å². The van der Waals surface area contributed by atoms with E-state index < -0.39 is 11.8 Å². The molecule has 2 amide bonds. The standard InChI is InChI=1S/C24H27N3O3S/c1-2-3-6-13-30-18-11-9-16(10-12-18)14-17(15-25)23(29)27-24-21(22(26)28)19-7-4-5-8-20(19)31-24/h9-12,14H,2-8,13H2,1H3,(H2,26,28)(H,27,29)/b17-14-. The van der Waals surface area contributed by atoms with Crippen molar-refractivity contribution in [3.63, 3.8) is 0 Å². The van der Waals surface area contributed by atoms with Crippen LogP contribution in [0.5, 0.6) is 5.75 Å². The third-order valence-corrected chi connectivity index (χ3v) is 6.42. The van der Waals surface area contributed by atoms with Crippen molar-refractivity contribution in [1.82, 2.24) is 0 Å². The number of fused-ring (bicyclic) bond motifs is 1. The van der Waals surface area contributed by atoms with Crippen LogP contribution in [-0.2, 0) is 17.6 Å². The number of hydrogen-bond donors (Lipinski definition) is 2. The van der Waals surface area contributed by atoms with E-state index in [1.807, 2.05) is 18.2 Å². The van der Waals surface area contributed by atoms with Gasteiger partial charge in [0.25, 0.3) is 11.8 Å². The maximum absolute atomic E-state index is 12.7. The number of rotatable bonds is 9. The van der Waals surface area contributed by atoms with E-state index in [1.54, 1.807) is 12.1 Å². The summed E-state index contributed by atoms with van der Waals surface area (Å²) >= 11 is 1.38. The summed E-state index contributed by atoms with van der Waals surface area (Å²) in [5.74, 6) is -0.346. The van der Waals surface area contributed by atoms with Crippen LogP contribution in [0.25, 0.3) is 6.08 Å². The van der Waals surface area contributed by atoms with Gasteiger partial charge in [0.2, 0.25) is 0 Å². The summed E-state index contributed by atoms with van der Waals surface area (Å²) in [5, 5.41) is 12.7. The number of amides is 2. The van der Waals surface area contributed by atoms with Crippen molar-refractivity contribution in [2.45, 2.75) is 51.9 Å². The lowest BCUT2D eigenvalue weighted by Crippen LogP contribution is -2.19. The quantitative estimate of drug-likeness (QED) is 0.333. The number of hydrogen-bond acceptors (Lipinski definition) is 5. The van der Waals surface area contributed by atoms with Crippen LogP contribution in [-0.4, -0.2) is 18.4 Å². The van der Waals surface area contributed by atoms with Crippen LogP contribution < -0.4 is 15.8 Å². The summed E-state index contributed by atoms with van der Waals surface area (Å²) < 4.78 is 5.69. The second-order valence-electron chi connectivity index (χ2n) is 7.53. The highest BCUT2D eigenvalue weighted by molar-refractivity contribution is 7.17. The van der Waals surface area contributed by atoms with E-state index in [2.05, 4.69) is 12.2 Å². The molecule has 3 rings (SSSR count). The van der Waals surface area contributed by atoms with Crippen LogP contribution in [0.15, 0.2) is 29.8 Å². The van der Waals surface area contributed by atoms with Gasteiger partial charge in [-0.05, 0) is 61.4 Å². The zero-order valence-corrected chi connectivity index (χ0v) is 18.5. The number of anilines is 1. The number of carbonyl (C=O) groups excluding carboxylic acids is 2. The molecule has 0 fully saturated rings. The molecule has 0 unspecified atom stereocenters. The Morgan fingerprint density at radius 3 is 2.65 bits per heavy atom. The molecule has 31 heavy (non-hydrogen) atoms. The van der Waals surface area contributed by atoms with Gasteiger partial charge in [0, 0.05) is 4.88 Å². The fourth-order valence-corrected chi connectivity index (χ4v) is 4.89. The van der Waals surface area contributed by atoms with Crippen LogP contribution in [0.2, 0.25) is 0 Å². The van der Waals surface area contributed by atoms with Gasteiger partial charge in [-0.1, -0.05) is 31.9 Å². The molecule has 1 aliphatic rings. The number of ether oxygens (including phenoxy) is 1. The van der Waals surface area contributed by atoms with Gasteiger partial charge in [0.05, 0.1) is 12.2 Å². The van der Waals surface area contributed by atoms with Gasteiger partial charge in [-0.2, -0.15) is 5.26 Å². The Hall–Kier alpha value is -3.11. The Kier molecular flexibility index (Phi) is 7.85. The minimum Gasteiger partial charge on any atom is -0.494 e. The normalized spacial score (nSPS) is 13.2. The number of benzene rings is 1. The molecule has 0 radical (unpaired) electrons. The summed E-state index contributed by atoms with van der Waals surface area (Å²) in [6.45, 7) is 2.81. The fourth-order valence-electron chi connectivity index (χ4n) is 3.60. The number of nitrogens with zero attached hydrogens (tertiary/aromatic N) is 1. The first-order valence-electron chi connectivity index (χ1n) is 10.6. The molecule has 0 saturated carbocycles. The predicted octanol–water partition coefficient (Wildman–Crippen LogP) is 4.84. The minimum atomic E-state index is -0.552. The molecule has 1 aromatic heterocycles. The first-order valence-corrected chi connectivity index (χ1v) is 11.5. The fraction of sp³-hybridized carbons (Fsp3) is 0.375. The first kappa shape index (κ1) is 22.6. The average Bonchev–Trinajstić information content (AvgIpc) is 3.14. The van der Waals surface area contributed by atoms with Crippen molar-refractivity contribution in [2.24, 2.45) is 5.73 Å². The second kappa shape index (κ2) is 10.8. The topological polar surface area (TPSA) is 105 Å². The molecule has 6 nitrogen and oxygen atoms in total. The zero-order chi connectivity index (χ0) is 22.2. The van der Waals surface area contributed by atoms with E-state index in [9.17, 15) is 14.9 Å². The molecule has 0 aliphatic heterocycles. The number of aryl methyl sites for hydroxylation is 1. The average molecular weight is 438 g/mol. The Morgan fingerprint density at radius 2 is 1.97 bits per heavy atom. The molecule has 162 valence electrons. The highest BCUT2D eigenvalue weighted by atomic mass is 32.1. The predicted molar refractivity (Wildman–Crippen MR) is 123 cm³/mol. The summed E-state index contributed by atoms with van der Waals surface area (Å²) in [6.07, 6.45) is 8.52. The Bertz CT molecular complexity index is 1020. The number of unbranched alkanes of at least 4 members (excludes halogenated alkanes) is 2. The summed E-state index contributed by atoms with van der Waals surface area (Å²) in [5.41, 5.74) is 7.58. The number of nitrogens with two attached hydrogens (primary N) is 1. The van der Waals surface area contributed by atoms with E-state index in [0.29, 0.717) is 22.7 Å². The maximum atomic E-state index is 12.7. The van der Waals surface area contributed by atoms with Gasteiger partial charge in [0.1, 0.15) is 22.4 Å². The Balaban J connectivity index is 1.72. The smallest absolute Gasteiger partial charge is 0.266 e. The van der Waals surface area contributed by atoms with E-state index in [1.165, 1.54) is 17.4 Å². The molecule has 0 atom stereocenters. The largest absolute Gasteiger partial charge is 0.494 e. The van der Waals surface area contributed by atoms with Gasteiger partial charge in [0.15, 0.2) is 0 Å². The van der Waals surface area contributed by atoms with Gasteiger partial charge in [-0.25, -0.2) is 0 Å². The molecule has 0 spiro atoms. The van der Waals surface area contributed by atoms with Crippen molar-refractivity contribution >= 4 is 34.2 Å². The molecule has 1 aromatic carbocycles. The molecule has 0 bridgehead atoms. The van der Waals surface area contributed by atoms with Crippen LogP contribution in [0, 0.1) is 11.3 Å². The van der Waals surface area contributed by atoms with E-state index in [-0.39, 0.29) is 5.57 Å². The third-order valence-electron chi connectivity index (χ3n) is 5.22.